The SMILES string of the molecule is CCN(CC(=O)N(C)C)S(=O)(=O)c1sc(=O)[nH]c1C. The Labute approximate surface area is 115 Å². The Morgan fingerprint density at radius 1 is 1.37 bits per heavy atom. The number of rotatable bonds is 5. The molecule has 9 heteroatoms. The van der Waals surface area contributed by atoms with Gasteiger partial charge >= 0.3 is 4.87 Å². The van der Waals surface area contributed by atoms with Gasteiger partial charge < -0.3 is 9.88 Å². The van der Waals surface area contributed by atoms with Gasteiger partial charge in [-0.25, -0.2) is 8.42 Å². The Morgan fingerprint density at radius 2 is 1.95 bits per heavy atom. The molecule has 0 saturated heterocycles. The lowest BCUT2D eigenvalue weighted by atomic mass is 10.5. The lowest BCUT2D eigenvalue weighted by Crippen LogP contribution is -2.40. The molecule has 0 spiro atoms. The van der Waals surface area contributed by atoms with E-state index in [0.29, 0.717) is 17.0 Å². The quantitative estimate of drug-likeness (QED) is 0.818. The van der Waals surface area contributed by atoms with E-state index >= 15 is 0 Å². The topological polar surface area (TPSA) is 90.6 Å². The molecule has 0 radical (unpaired) electrons. The summed E-state index contributed by atoms with van der Waals surface area (Å²) in [5, 5.41) is 0. The van der Waals surface area contributed by atoms with Gasteiger partial charge in [0.05, 0.1) is 6.54 Å². The standard InChI is InChI=1S/C10H17N3O4S2/c1-5-13(6-8(14)12(3)4)19(16,17)9-7(2)11-10(15)18-9/h5-6H2,1-4H3,(H,11,15). The highest BCUT2D eigenvalue weighted by atomic mass is 32.2. The van der Waals surface area contributed by atoms with Crippen LogP contribution in [0.5, 0.6) is 0 Å². The van der Waals surface area contributed by atoms with Gasteiger partial charge in [-0.05, 0) is 6.92 Å². The maximum Gasteiger partial charge on any atom is 0.305 e. The van der Waals surface area contributed by atoms with Gasteiger partial charge in [-0.15, -0.1) is 0 Å². The van der Waals surface area contributed by atoms with E-state index in [4.69, 9.17) is 0 Å². The van der Waals surface area contributed by atoms with Crippen LogP contribution in [0.4, 0.5) is 0 Å². The van der Waals surface area contributed by atoms with Gasteiger partial charge in [0.2, 0.25) is 5.91 Å². The van der Waals surface area contributed by atoms with Gasteiger partial charge in [0.25, 0.3) is 10.0 Å². The zero-order valence-electron chi connectivity index (χ0n) is 11.3. The predicted molar refractivity (Wildman–Crippen MR) is 72.8 cm³/mol. The molecule has 1 heterocycles. The van der Waals surface area contributed by atoms with Gasteiger partial charge in [0, 0.05) is 26.3 Å². The number of carbonyl (C=O) groups excluding carboxylic acids is 1. The van der Waals surface area contributed by atoms with Crippen LogP contribution in [0.1, 0.15) is 12.6 Å². The number of aromatic amines is 1. The first kappa shape index (κ1) is 15.9. The molecule has 1 N–H and O–H groups in total. The second-order valence-corrected chi connectivity index (χ2v) is 7.26. The number of H-pyrrole nitrogens is 1. The number of nitrogens with zero attached hydrogens (tertiary/aromatic N) is 2. The highest BCUT2D eigenvalue weighted by molar-refractivity contribution is 7.91. The van der Waals surface area contributed by atoms with Gasteiger partial charge in [0.15, 0.2) is 4.21 Å². The van der Waals surface area contributed by atoms with Crippen molar-refractivity contribution in [3.63, 3.8) is 0 Å². The Bertz CT molecular complexity index is 615. The fourth-order valence-corrected chi connectivity index (χ4v) is 4.25. The molecule has 1 aromatic heterocycles. The van der Waals surface area contributed by atoms with Crippen molar-refractivity contribution in [2.75, 3.05) is 27.2 Å². The summed E-state index contributed by atoms with van der Waals surface area (Å²) in [7, 11) is -0.700. The van der Waals surface area contributed by atoms with E-state index in [0.717, 1.165) is 4.31 Å². The number of carbonyl (C=O) groups is 1. The smallest absolute Gasteiger partial charge is 0.305 e. The maximum absolute atomic E-state index is 12.4. The average Bonchev–Trinajstić information content (AvgIpc) is 2.65. The van der Waals surface area contributed by atoms with Crippen LogP contribution < -0.4 is 4.87 Å². The molecule has 0 unspecified atom stereocenters. The molecule has 0 aliphatic rings. The van der Waals surface area contributed by atoms with Crippen LogP contribution in [-0.2, 0) is 14.8 Å². The maximum atomic E-state index is 12.4. The second-order valence-electron chi connectivity index (χ2n) is 4.15. The molecule has 1 rings (SSSR count). The van der Waals surface area contributed by atoms with E-state index in [1.165, 1.54) is 11.8 Å². The fraction of sp³-hybridized carbons (Fsp3) is 0.600. The third-order valence-corrected chi connectivity index (χ3v) is 6.02. The van der Waals surface area contributed by atoms with Gasteiger partial charge in [-0.1, -0.05) is 18.3 Å². The number of likely N-dealkylation sites (N-methyl/N-ethyl adjacent to an activating group) is 2. The monoisotopic (exact) mass is 307 g/mol. The van der Waals surface area contributed by atoms with E-state index < -0.39 is 14.9 Å². The van der Waals surface area contributed by atoms with Crippen molar-refractivity contribution in [2.24, 2.45) is 0 Å². The number of aromatic nitrogens is 1. The molecule has 0 aliphatic heterocycles. The molecule has 19 heavy (non-hydrogen) atoms. The Hall–Kier alpha value is -1.19. The Balaban J connectivity index is 3.13. The van der Waals surface area contributed by atoms with Crippen LogP contribution in [0.3, 0.4) is 0 Å². The van der Waals surface area contributed by atoms with Crippen LogP contribution in [0.15, 0.2) is 9.00 Å². The van der Waals surface area contributed by atoms with E-state index in [2.05, 4.69) is 4.98 Å². The predicted octanol–water partition coefficient (Wildman–Crippen LogP) is -0.156. The van der Waals surface area contributed by atoms with Crippen LogP contribution in [-0.4, -0.2) is 55.7 Å². The van der Waals surface area contributed by atoms with Crippen molar-refractivity contribution in [3.05, 3.63) is 15.4 Å². The largest absolute Gasteiger partial charge is 0.348 e. The van der Waals surface area contributed by atoms with Gasteiger partial charge in [0.1, 0.15) is 0 Å². The summed E-state index contributed by atoms with van der Waals surface area (Å²) >= 11 is 0.635. The van der Waals surface area contributed by atoms with E-state index in [9.17, 15) is 18.0 Å². The molecule has 0 atom stereocenters. The average molecular weight is 307 g/mol. The number of hydrogen-bond donors (Lipinski definition) is 1. The number of amides is 1. The van der Waals surface area contributed by atoms with Crippen molar-refractivity contribution in [3.8, 4) is 0 Å². The van der Waals surface area contributed by atoms with Crippen LogP contribution in [0.2, 0.25) is 0 Å². The number of sulfonamides is 1. The van der Waals surface area contributed by atoms with E-state index in [1.54, 1.807) is 21.0 Å². The number of aryl methyl sites for hydroxylation is 1. The Morgan fingerprint density at radius 3 is 2.32 bits per heavy atom. The highest BCUT2D eigenvalue weighted by Crippen LogP contribution is 2.20. The molecular weight excluding hydrogens is 290 g/mol. The van der Waals surface area contributed by atoms with Crippen molar-refractivity contribution in [2.45, 2.75) is 18.1 Å². The van der Waals surface area contributed by atoms with Gasteiger partial charge in [-0.3, -0.25) is 9.59 Å². The minimum absolute atomic E-state index is 0.0362. The summed E-state index contributed by atoms with van der Waals surface area (Å²) in [5.41, 5.74) is 0.297. The van der Waals surface area contributed by atoms with Crippen molar-refractivity contribution in [1.82, 2.24) is 14.2 Å². The third-order valence-electron chi connectivity index (χ3n) is 2.52. The lowest BCUT2D eigenvalue weighted by Gasteiger charge is -2.21. The molecule has 108 valence electrons. The molecule has 0 saturated carbocycles. The third kappa shape index (κ3) is 3.43. The summed E-state index contributed by atoms with van der Waals surface area (Å²) in [5.74, 6) is -0.314. The molecule has 0 fully saturated rings. The minimum atomic E-state index is -3.82. The second kappa shape index (κ2) is 5.85. The number of hydrogen-bond acceptors (Lipinski definition) is 5. The molecule has 0 aliphatic carbocycles. The summed E-state index contributed by atoms with van der Waals surface area (Å²) in [4.78, 5) is 26.2. The van der Waals surface area contributed by atoms with Crippen LogP contribution >= 0.6 is 11.3 Å². The molecule has 0 aromatic carbocycles. The first-order chi connectivity index (χ1) is 8.70. The van der Waals surface area contributed by atoms with Crippen LogP contribution in [0.25, 0.3) is 0 Å². The van der Waals surface area contributed by atoms with Crippen LogP contribution in [0, 0.1) is 6.92 Å². The molecule has 7 nitrogen and oxygen atoms in total. The highest BCUT2D eigenvalue weighted by Gasteiger charge is 2.29. The van der Waals surface area contributed by atoms with E-state index in [-0.39, 0.29) is 23.2 Å². The van der Waals surface area contributed by atoms with Crippen molar-refractivity contribution < 1.29 is 13.2 Å². The first-order valence-electron chi connectivity index (χ1n) is 5.60. The molecule has 0 bridgehead atoms. The molecule has 1 aromatic rings. The number of nitrogens with one attached hydrogen (secondary N) is 1. The zero-order valence-corrected chi connectivity index (χ0v) is 12.9. The summed E-state index contributed by atoms with van der Waals surface area (Å²) in [6.07, 6.45) is 0. The zero-order chi connectivity index (χ0) is 14.8. The minimum Gasteiger partial charge on any atom is -0.348 e. The summed E-state index contributed by atoms with van der Waals surface area (Å²) < 4.78 is 25.7. The lowest BCUT2D eigenvalue weighted by molar-refractivity contribution is -0.128. The van der Waals surface area contributed by atoms with Crippen molar-refractivity contribution in [1.29, 1.82) is 0 Å². The molecule has 1 amide bonds. The summed E-state index contributed by atoms with van der Waals surface area (Å²) in [6, 6.07) is 0. The Kier molecular flexibility index (Phi) is 4.88. The van der Waals surface area contributed by atoms with Gasteiger partial charge in [-0.2, -0.15) is 4.31 Å². The molecular formula is C10H17N3O4S2. The first-order valence-corrected chi connectivity index (χ1v) is 7.85. The fourth-order valence-electron chi connectivity index (χ4n) is 1.41. The van der Waals surface area contributed by atoms with Crippen molar-refractivity contribution >= 4 is 27.3 Å². The number of thiazole rings is 1. The van der Waals surface area contributed by atoms with E-state index in [1.807, 2.05) is 0 Å². The normalized spacial score (nSPS) is 11.8. The summed E-state index contributed by atoms with van der Waals surface area (Å²) in [6.45, 7) is 3.09.